The predicted molar refractivity (Wildman–Crippen MR) is 102 cm³/mol. The number of pyridine rings is 1. The number of hydrogen-bond acceptors (Lipinski definition) is 4. The van der Waals surface area contributed by atoms with E-state index in [0.717, 1.165) is 12.8 Å². The van der Waals surface area contributed by atoms with Crippen LogP contribution in [0.3, 0.4) is 0 Å². The molecule has 1 N–H and O–H groups in total. The first-order chi connectivity index (χ1) is 12.6. The van der Waals surface area contributed by atoms with Gasteiger partial charge in [0.15, 0.2) is 0 Å². The maximum Gasteiger partial charge on any atom is 0.272 e. The Morgan fingerprint density at radius 2 is 1.73 bits per heavy atom. The van der Waals surface area contributed by atoms with Gasteiger partial charge in [0.1, 0.15) is 11.4 Å². The predicted octanol–water partition coefficient (Wildman–Crippen LogP) is 3.60. The van der Waals surface area contributed by atoms with E-state index in [2.05, 4.69) is 10.3 Å². The van der Waals surface area contributed by atoms with Crippen molar-refractivity contribution < 1.29 is 14.3 Å². The zero-order valence-corrected chi connectivity index (χ0v) is 15.5. The first kappa shape index (κ1) is 19.4. The minimum atomic E-state index is -0.288. The zero-order chi connectivity index (χ0) is 18.9. The zero-order valence-electron chi connectivity index (χ0n) is 15.5. The van der Waals surface area contributed by atoms with Crippen LogP contribution in [0.15, 0.2) is 42.6 Å². The molecule has 6 nitrogen and oxygen atoms in total. The minimum absolute atomic E-state index is 0.146. The van der Waals surface area contributed by atoms with E-state index in [0.29, 0.717) is 30.1 Å². The van der Waals surface area contributed by atoms with Gasteiger partial charge < -0.3 is 15.0 Å². The third-order valence-corrected chi connectivity index (χ3v) is 3.86. The Balaban J connectivity index is 2.13. The van der Waals surface area contributed by atoms with Crippen molar-refractivity contribution in [3.05, 3.63) is 53.9 Å². The summed E-state index contributed by atoms with van der Waals surface area (Å²) < 4.78 is 5.10. The Hall–Kier alpha value is -2.89. The van der Waals surface area contributed by atoms with Crippen LogP contribution < -0.4 is 10.1 Å². The van der Waals surface area contributed by atoms with Crippen LogP contribution >= 0.6 is 0 Å². The molecule has 6 heteroatoms. The number of nitrogens with one attached hydrogen (secondary N) is 1. The van der Waals surface area contributed by atoms with Gasteiger partial charge in [0, 0.05) is 30.5 Å². The molecule has 1 heterocycles. The lowest BCUT2D eigenvalue weighted by molar-refractivity contribution is 0.0749. The van der Waals surface area contributed by atoms with E-state index in [1.165, 1.54) is 6.20 Å². The van der Waals surface area contributed by atoms with Crippen LogP contribution in [0.25, 0.3) is 0 Å². The molecule has 1 aromatic carbocycles. The molecular weight excluding hydrogens is 330 g/mol. The largest absolute Gasteiger partial charge is 0.497 e. The standard InChI is InChI=1S/C20H25N3O3/c1-4-12-23(13-5-2)20(25)18-14-15(10-11-21-18)19(24)22-16-6-8-17(26-3)9-7-16/h6-11,14H,4-5,12-13H2,1-3H3,(H,22,24). The van der Waals surface area contributed by atoms with Crippen molar-refractivity contribution in [3.8, 4) is 5.75 Å². The molecule has 0 unspecified atom stereocenters. The summed E-state index contributed by atoms with van der Waals surface area (Å²) in [4.78, 5) is 31.0. The molecule has 0 bridgehead atoms. The van der Waals surface area contributed by atoms with Gasteiger partial charge in [-0.15, -0.1) is 0 Å². The number of aromatic nitrogens is 1. The van der Waals surface area contributed by atoms with E-state index in [1.807, 2.05) is 13.8 Å². The second kappa shape index (κ2) is 9.56. The van der Waals surface area contributed by atoms with Crippen LogP contribution in [0.4, 0.5) is 5.69 Å². The van der Waals surface area contributed by atoms with Gasteiger partial charge in [-0.3, -0.25) is 14.6 Å². The molecule has 0 fully saturated rings. The van der Waals surface area contributed by atoms with Crippen LogP contribution in [0.1, 0.15) is 47.5 Å². The van der Waals surface area contributed by atoms with Crippen molar-refractivity contribution in [2.24, 2.45) is 0 Å². The molecule has 0 atom stereocenters. The topological polar surface area (TPSA) is 71.5 Å². The van der Waals surface area contributed by atoms with E-state index in [4.69, 9.17) is 4.74 Å². The first-order valence-electron chi connectivity index (χ1n) is 8.79. The van der Waals surface area contributed by atoms with Gasteiger partial charge >= 0.3 is 0 Å². The summed E-state index contributed by atoms with van der Waals surface area (Å²) in [5, 5.41) is 2.81. The van der Waals surface area contributed by atoms with Crippen molar-refractivity contribution in [2.75, 3.05) is 25.5 Å². The maximum absolute atomic E-state index is 12.6. The average Bonchev–Trinajstić information content (AvgIpc) is 2.68. The summed E-state index contributed by atoms with van der Waals surface area (Å²) in [5.41, 5.74) is 1.33. The highest BCUT2D eigenvalue weighted by molar-refractivity contribution is 6.05. The summed E-state index contributed by atoms with van der Waals surface area (Å²) in [5.74, 6) is 0.281. The van der Waals surface area contributed by atoms with Crippen LogP contribution in [0.5, 0.6) is 5.75 Å². The number of benzene rings is 1. The SMILES string of the molecule is CCCN(CCC)C(=O)c1cc(C(=O)Nc2ccc(OC)cc2)ccn1. The summed E-state index contributed by atoms with van der Waals surface area (Å²) in [7, 11) is 1.59. The van der Waals surface area contributed by atoms with E-state index < -0.39 is 0 Å². The third-order valence-electron chi connectivity index (χ3n) is 3.86. The number of carbonyl (C=O) groups excluding carboxylic acids is 2. The maximum atomic E-state index is 12.6. The van der Waals surface area contributed by atoms with Crippen LogP contribution in [-0.2, 0) is 0 Å². The quantitative estimate of drug-likeness (QED) is 0.785. The lowest BCUT2D eigenvalue weighted by atomic mass is 10.2. The molecule has 2 rings (SSSR count). The Kier molecular flexibility index (Phi) is 7.14. The second-order valence-electron chi connectivity index (χ2n) is 5.90. The van der Waals surface area contributed by atoms with Gasteiger partial charge in [-0.25, -0.2) is 0 Å². The van der Waals surface area contributed by atoms with Crippen molar-refractivity contribution in [2.45, 2.75) is 26.7 Å². The van der Waals surface area contributed by atoms with Crippen LogP contribution in [0, 0.1) is 0 Å². The third kappa shape index (κ3) is 5.05. The fourth-order valence-electron chi connectivity index (χ4n) is 2.58. The van der Waals surface area contributed by atoms with E-state index in [-0.39, 0.29) is 17.5 Å². The molecule has 0 spiro atoms. The molecule has 0 saturated heterocycles. The number of ether oxygens (including phenoxy) is 1. The molecule has 1 aromatic heterocycles. The molecule has 0 aliphatic heterocycles. The number of nitrogens with zero attached hydrogens (tertiary/aromatic N) is 2. The normalized spacial score (nSPS) is 10.3. The highest BCUT2D eigenvalue weighted by Gasteiger charge is 2.17. The van der Waals surface area contributed by atoms with Crippen LogP contribution in [0.2, 0.25) is 0 Å². The number of methoxy groups -OCH3 is 1. The van der Waals surface area contributed by atoms with E-state index in [9.17, 15) is 9.59 Å². The number of carbonyl (C=O) groups is 2. The van der Waals surface area contributed by atoms with Gasteiger partial charge in [0.2, 0.25) is 0 Å². The Labute approximate surface area is 154 Å². The molecule has 0 aliphatic carbocycles. The fraction of sp³-hybridized carbons (Fsp3) is 0.350. The Morgan fingerprint density at radius 1 is 1.08 bits per heavy atom. The van der Waals surface area contributed by atoms with Gasteiger partial charge in [0.25, 0.3) is 11.8 Å². The number of amides is 2. The van der Waals surface area contributed by atoms with Crippen molar-refractivity contribution in [1.82, 2.24) is 9.88 Å². The monoisotopic (exact) mass is 355 g/mol. The number of anilines is 1. The fourth-order valence-corrected chi connectivity index (χ4v) is 2.58. The summed E-state index contributed by atoms with van der Waals surface area (Å²) >= 11 is 0. The molecule has 0 aliphatic rings. The Morgan fingerprint density at radius 3 is 2.31 bits per heavy atom. The van der Waals surface area contributed by atoms with E-state index in [1.54, 1.807) is 48.4 Å². The smallest absolute Gasteiger partial charge is 0.272 e. The molecule has 0 radical (unpaired) electrons. The molecular formula is C20H25N3O3. The lowest BCUT2D eigenvalue weighted by Gasteiger charge is -2.21. The van der Waals surface area contributed by atoms with Gasteiger partial charge in [-0.1, -0.05) is 13.8 Å². The van der Waals surface area contributed by atoms with Crippen molar-refractivity contribution >= 4 is 17.5 Å². The van der Waals surface area contributed by atoms with Gasteiger partial charge in [0.05, 0.1) is 7.11 Å². The second-order valence-corrected chi connectivity index (χ2v) is 5.90. The summed E-state index contributed by atoms with van der Waals surface area (Å²) in [6, 6.07) is 10.2. The molecule has 0 saturated carbocycles. The van der Waals surface area contributed by atoms with E-state index >= 15 is 0 Å². The minimum Gasteiger partial charge on any atom is -0.497 e. The van der Waals surface area contributed by atoms with Crippen LogP contribution in [-0.4, -0.2) is 41.9 Å². The summed E-state index contributed by atoms with van der Waals surface area (Å²) in [6.45, 7) is 5.41. The summed E-state index contributed by atoms with van der Waals surface area (Å²) in [6.07, 6.45) is 3.25. The lowest BCUT2D eigenvalue weighted by Crippen LogP contribution is -2.33. The highest BCUT2D eigenvalue weighted by atomic mass is 16.5. The number of rotatable bonds is 8. The highest BCUT2D eigenvalue weighted by Crippen LogP contribution is 2.16. The van der Waals surface area contributed by atoms with Gasteiger partial charge in [-0.2, -0.15) is 0 Å². The molecule has 138 valence electrons. The van der Waals surface area contributed by atoms with Gasteiger partial charge in [-0.05, 0) is 49.2 Å². The molecule has 2 amide bonds. The Bertz CT molecular complexity index is 738. The average molecular weight is 355 g/mol. The number of hydrogen-bond donors (Lipinski definition) is 1. The first-order valence-corrected chi connectivity index (χ1v) is 8.79. The molecule has 26 heavy (non-hydrogen) atoms. The van der Waals surface area contributed by atoms with Crippen molar-refractivity contribution in [1.29, 1.82) is 0 Å². The molecule has 2 aromatic rings. The van der Waals surface area contributed by atoms with Crippen molar-refractivity contribution in [3.63, 3.8) is 0 Å².